The van der Waals surface area contributed by atoms with Crippen molar-refractivity contribution >= 4 is 27.8 Å². The van der Waals surface area contributed by atoms with Crippen molar-refractivity contribution < 1.29 is 22.7 Å². The number of aryl methyl sites for hydroxylation is 1. The SMILES string of the molecule is Cc1ccc(/C=C/C(=O)OCC(=O)N(C2CCCC2)C2CCS(=O)(=O)C2)cc1. The summed E-state index contributed by atoms with van der Waals surface area (Å²) in [6, 6.07) is 7.43. The average Bonchev–Trinajstić information content (AvgIpc) is 3.30. The number of sulfone groups is 1. The summed E-state index contributed by atoms with van der Waals surface area (Å²) in [6.45, 7) is 1.63. The van der Waals surface area contributed by atoms with Crippen molar-refractivity contribution in [2.45, 2.75) is 51.1 Å². The van der Waals surface area contributed by atoms with Gasteiger partial charge in [0.25, 0.3) is 5.91 Å². The molecule has 2 aliphatic rings. The molecule has 1 saturated heterocycles. The Kier molecular flexibility index (Phi) is 6.54. The third kappa shape index (κ3) is 5.44. The topological polar surface area (TPSA) is 80.8 Å². The van der Waals surface area contributed by atoms with E-state index in [-0.39, 0.29) is 36.1 Å². The highest BCUT2D eigenvalue weighted by atomic mass is 32.2. The number of amides is 1. The summed E-state index contributed by atoms with van der Waals surface area (Å²) in [5.74, 6) is -0.755. The molecule has 0 radical (unpaired) electrons. The van der Waals surface area contributed by atoms with Crippen LogP contribution >= 0.6 is 0 Å². The zero-order chi connectivity index (χ0) is 20.1. The average molecular weight is 406 g/mol. The second-order valence-electron chi connectivity index (χ2n) is 7.65. The van der Waals surface area contributed by atoms with Crippen molar-refractivity contribution in [1.82, 2.24) is 4.90 Å². The number of ether oxygens (including phenoxy) is 1. The Bertz CT molecular complexity index is 838. The van der Waals surface area contributed by atoms with Gasteiger partial charge in [-0.15, -0.1) is 0 Å². The van der Waals surface area contributed by atoms with Crippen LogP contribution in [0.4, 0.5) is 0 Å². The van der Waals surface area contributed by atoms with E-state index in [1.807, 2.05) is 31.2 Å². The van der Waals surface area contributed by atoms with Gasteiger partial charge in [0.15, 0.2) is 16.4 Å². The molecule has 3 rings (SSSR count). The summed E-state index contributed by atoms with van der Waals surface area (Å²) in [7, 11) is -3.09. The molecule has 152 valence electrons. The number of carbonyl (C=O) groups excluding carboxylic acids is 2. The molecule has 7 heteroatoms. The van der Waals surface area contributed by atoms with Gasteiger partial charge in [-0.3, -0.25) is 4.79 Å². The summed E-state index contributed by atoms with van der Waals surface area (Å²) >= 11 is 0. The van der Waals surface area contributed by atoms with Gasteiger partial charge >= 0.3 is 5.97 Å². The molecule has 1 aromatic carbocycles. The van der Waals surface area contributed by atoms with Crippen LogP contribution in [0, 0.1) is 6.92 Å². The van der Waals surface area contributed by atoms with Crippen LogP contribution in [-0.4, -0.2) is 55.4 Å². The van der Waals surface area contributed by atoms with Crippen LogP contribution in [-0.2, 0) is 24.2 Å². The normalized spacial score (nSPS) is 21.8. The van der Waals surface area contributed by atoms with Crippen LogP contribution in [0.25, 0.3) is 6.08 Å². The molecule has 1 saturated carbocycles. The molecule has 1 aromatic rings. The van der Waals surface area contributed by atoms with E-state index in [0.29, 0.717) is 6.42 Å². The maximum atomic E-state index is 12.8. The van der Waals surface area contributed by atoms with Crippen LogP contribution in [0.5, 0.6) is 0 Å². The minimum Gasteiger partial charge on any atom is -0.452 e. The number of esters is 1. The summed E-state index contributed by atoms with van der Waals surface area (Å²) in [4.78, 5) is 26.4. The first-order valence-electron chi connectivity index (χ1n) is 9.77. The van der Waals surface area contributed by atoms with Gasteiger partial charge in [-0.2, -0.15) is 0 Å². The molecule has 1 heterocycles. The van der Waals surface area contributed by atoms with E-state index in [4.69, 9.17) is 4.74 Å². The Balaban J connectivity index is 1.58. The molecule has 1 amide bonds. The fourth-order valence-electron chi connectivity index (χ4n) is 3.98. The molecular formula is C21H27NO5S. The lowest BCUT2D eigenvalue weighted by molar-refractivity contribution is -0.150. The first-order chi connectivity index (χ1) is 13.3. The Morgan fingerprint density at radius 3 is 2.39 bits per heavy atom. The highest BCUT2D eigenvalue weighted by Gasteiger charge is 2.39. The van der Waals surface area contributed by atoms with E-state index < -0.39 is 15.8 Å². The second-order valence-corrected chi connectivity index (χ2v) is 9.88. The monoisotopic (exact) mass is 405 g/mol. The Labute approximate surface area is 166 Å². The predicted octanol–water partition coefficient (Wildman–Crippen LogP) is 2.51. The minimum absolute atomic E-state index is 0.0104. The maximum absolute atomic E-state index is 12.8. The summed E-state index contributed by atoms with van der Waals surface area (Å²) in [5, 5.41) is 0. The quantitative estimate of drug-likeness (QED) is 0.537. The fourth-order valence-corrected chi connectivity index (χ4v) is 5.69. The molecule has 2 fully saturated rings. The van der Waals surface area contributed by atoms with Gasteiger partial charge in [0.2, 0.25) is 0 Å². The Morgan fingerprint density at radius 1 is 1.11 bits per heavy atom. The highest BCUT2D eigenvalue weighted by Crippen LogP contribution is 2.29. The lowest BCUT2D eigenvalue weighted by Crippen LogP contribution is -2.48. The summed E-state index contributed by atoms with van der Waals surface area (Å²) < 4.78 is 28.8. The Morgan fingerprint density at radius 2 is 1.79 bits per heavy atom. The first-order valence-corrected chi connectivity index (χ1v) is 11.6. The number of hydrogen-bond donors (Lipinski definition) is 0. The van der Waals surface area contributed by atoms with E-state index in [1.54, 1.807) is 11.0 Å². The number of hydrogen-bond acceptors (Lipinski definition) is 5. The zero-order valence-electron chi connectivity index (χ0n) is 16.2. The van der Waals surface area contributed by atoms with E-state index in [2.05, 4.69) is 0 Å². The zero-order valence-corrected chi connectivity index (χ0v) is 17.0. The molecule has 6 nitrogen and oxygen atoms in total. The number of rotatable bonds is 6. The molecule has 0 N–H and O–H groups in total. The van der Waals surface area contributed by atoms with Crippen molar-refractivity contribution in [2.24, 2.45) is 0 Å². The van der Waals surface area contributed by atoms with Crippen molar-refractivity contribution in [3.05, 3.63) is 41.5 Å². The van der Waals surface area contributed by atoms with Crippen molar-refractivity contribution in [2.75, 3.05) is 18.1 Å². The summed E-state index contributed by atoms with van der Waals surface area (Å²) in [6.07, 6.45) is 7.24. The number of carbonyl (C=O) groups is 2. The molecule has 0 aromatic heterocycles. The lowest BCUT2D eigenvalue weighted by Gasteiger charge is -2.33. The second kappa shape index (κ2) is 8.90. The largest absolute Gasteiger partial charge is 0.452 e. The van der Waals surface area contributed by atoms with E-state index in [0.717, 1.165) is 36.8 Å². The Hall–Kier alpha value is -2.15. The van der Waals surface area contributed by atoms with E-state index in [9.17, 15) is 18.0 Å². The molecule has 0 bridgehead atoms. The van der Waals surface area contributed by atoms with Gasteiger partial charge in [-0.25, -0.2) is 13.2 Å². The molecule has 0 spiro atoms. The van der Waals surface area contributed by atoms with Crippen LogP contribution in [0.2, 0.25) is 0 Å². The molecule has 28 heavy (non-hydrogen) atoms. The lowest BCUT2D eigenvalue weighted by atomic mass is 10.1. The van der Waals surface area contributed by atoms with Crippen LogP contribution in [0.3, 0.4) is 0 Å². The fraction of sp³-hybridized carbons (Fsp3) is 0.524. The smallest absolute Gasteiger partial charge is 0.331 e. The number of nitrogens with zero attached hydrogens (tertiary/aromatic N) is 1. The third-order valence-electron chi connectivity index (χ3n) is 5.43. The van der Waals surface area contributed by atoms with Gasteiger partial charge in [-0.05, 0) is 37.8 Å². The van der Waals surface area contributed by atoms with Crippen LogP contribution in [0.15, 0.2) is 30.3 Å². The van der Waals surface area contributed by atoms with Gasteiger partial charge in [0.05, 0.1) is 11.5 Å². The van der Waals surface area contributed by atoms with Gasteiger partial charge in [0.1, 0.15) is 0 Å². The maximum Gasteiger partial charge on any atom is 0.331 e. The summed E-state index contributed by atoms with van der Waals surface area (Å²) in [5.41, 5.74) is 2.00. The molecule has 1 atom stereocenters. The molecule has 1 aliphatic carbocycles. The van der Waals surface area contributed by atoms with Crippen LogP contribution in [0.1, 0.15) is 43.2 Å². The predicted molar refractivity (Wildman–Crippen MR) is 107 cm³/mol. The molecular weight excluding hydrogens is 378 g/mol. The van der Waals surface area contributed by atoms with Crippen LogP contribution < -0.4 is 0 Å². The van der Waals surface area contributed by atoms with E-state index >= 15 is 0 Å². The minimum atomic E-state index is -3.09. The third-order valence-corrected chi connectivity index (χ3v) is 7.19. The number of benzene rings is 1. The highest BCUT2D eigenvalue weighted by molar-refractivity contribution is 7.91. The van der Waals surface area contributed by atoms with Gasteiger partial charge < -0.3 is 9.64 Å². The van der Waals surface area contributed by atoms with Crippen molar-refractivity contribution in [3.63, 3.8) is 0 Å². The van der Waals surface area contributed by atoms with Gasteiger partial charge in [-0.1, -0.05) is 42.7 Å². The van der Waals surface area contributed by atoms with Crippen molar-refractivity contribution in [1.29, 1.82) is 0 Å². The standard InChI is InChI=1S/C21H27NO5S/c1-16-6-8-17(9-7-16)10-11-21(24)27-14-20(23)22(18-4-2-3-5-18)19-12-13-28(25,26)15-19/h6-11,18-19H,2-5,12-15H2,1H3/b11-10+. The van der Waals surface area contributed by atoms with Crippen molar-refractivity contribution in [3.8, 4) is 0 Å². The first kappa shape index (κ1) is 20.6. The molecule has 1 aliphatic heterocycles. The van der Waals surface area contributed by atoms with Gasteiger partial charge in [0, 0.05) is 18.2 Å². The molecule has 1 unspecified atom stereocenters. The van der Waals surface area contributed by atoms with E-state index in [1.165, 1.54) is 6.08 Å².